The first-order valence-electron chi connectivity index (χ1n) is 6.28. The van der Waals surface area contributed by atoms with Crippen LogP contribution >= 0.6 is 0 Å². The molecule has 0 aromatic rings. The van der Waals surface area contributed by atoms with Gasteiger partial charge in [-0.05, 0) is 26.6 Å². The van der Waals surface area contributed by atoms with Gasteiger partial charge in [-0.1, -0.05) is 20.8 Å². The van der Waals surface area contributed by atoms with Gasteiger partial charge in [0.05, 0.1) is 13.2 Å². The van der Waals surface area contributed by atoms with E-state index in [0.717, 1.165) is 32.7 Å². The fourth-order valence-electron chi connectivity index (χ4n) is 1.56. The first kappa shape index (κ1) is 15.4. The van der Waals surface area contributed by atoms with Gasteiger partial charge in [-0.2, -0.15) is 0 Å². The molecule has 0 aliphatic carbocycles. The number of rotatable bonds is 9. The molecule has 0 spiro atoms. The van der Waals surface area contributed by atoms with Crippen LogP contribution in [0.4, 0.5) is 0 Å². The van der Waals surface area contributed by atoms with Crippen LogP contribution < -0.4 is 0 Å². The zero-order valence-electron chi connectivity index (χ0n) is 11.2. The second kappa shape index (κ2) is 9.60. The Kier molecular flexibility index (Phi) is 9.24. The van der Waals surface area contributed by atoms with Gasteiger partial charge in [0.2, 0.25) is 0 Å². The van der Waals surface area contributed by atoms with E-state index >= 15 is 0 Å². The van der Waals surface area contributed by atoms with E-state index in [0.29, 0.717) is 13.2 Å². The Labute approximate surface area is 99.5 Å². The predicted molar refractivity (Wildman–Crippen MR) is 66.5 cm³/mol. The maximum absolute atomic E-state index is 11.3. The summed E-state index contributed by atoms with van der Waals surface area (Å²) < 4.78 is 4.94. The SMILES string of the molecule is CCOC(=O)CN(CC)CCN(CC)CC. The minimum atomic E-state index is -0.121. The molecule has 4 nitrogen and oxygen atoms in total. The van der Waals surface area contributed by atoms with Crippen molar-refractivity contribution in [1.82, 2.24) is 9.80 Å². The summed E-state index contributed by atoms with van der Waals surface area (Å²) in [5.41, 5.74) is 0. The molecule has 0 aliphatic rings. The summed E-state index contributed by atoms with van der Waals surface area (Å²) in [5, 5.41) is 0. The number of hydrogen-bond donors (Lipinski definition) is 0. The number of esters is 1. The zero-order chi connectivity index (χ0) is 12.4. The maximum atomic E-state index is 11.3. The number of carbonyl (C=O) groups excluding carboxylic acids is 1. The Hall–Kier alpha value is -0.610. The van der Waals surface area contributed by atoms with E-state index in [1.165, 1.54) is 0 Å². The first-order chi connectivity index (χ1) is 7.67. The normalized spacial score (nSPS) is 11.1. The number of carbonyl (C=O) groups is 1. The van der Waals surface area contributed by atoms with Crippen molar-refractivity contribution >= 4 is 5.97 Å². The van der Waals surface area contributed by atoms with Gasteiger partial charge in [-0.15, -0.1) is 0 Å². The number of ether oxygens (including phenoxy) is 1. The number of nitrogens with zero attached hydrogens (tertiary/aromatic N) is 2. The first-order valence-corrected chi connectivity index (χ1v) is 6.28. The van der Waals surface area contributed by atoms with Crippen LogP contribution in [-0.2, 0) is 9.53 Å². The lowest BCUT2D eigenvalue weighted by Gasteiger charge is -2.24. The third kappa shape index (κ3) is 6.80. The predicted octanol–water partition coefficient (Wildman–Crippen LogP) is 1.21. The molecular formula is C12H26N2O2. The van der Waals surface area contributed by atoms with Gasteiger partial charge in [0, 0.05) is 13.1 Å². The third-order valence-electron chi connectivity index (χ3n) is 2.73. The van der Waals surface area contributed by atoms with Gasteiger partial charge >= 0.3 is 5.97 Å². The van der Waals surface area contributed by atoms with Gasteiger partial charge < -0.3 is 9.64 Å². The molecule has 0 heterocycles. The number of hydrogen-bond acceptors (Lipinski definition) is 4. The lowest BCUT2D eigenvalue weighted by atomic mass is 10.4. The molecule has 0 fully saturated rings. The highest BCUT2D eigenvalue weighted by molar-refractivity contribution is 5.71. The van der Waals surface area contributed by atoms with E-state index in [-0.39, 0.29) is 5.97 Å². The van der Waals surface area contributed by atoms with E-state index in [4.69, 9.17) is 4.74 Å². The monoisotopic (exact) mass is 230 g/mol. The highest BCUT2D eigenvalue weighted by atomic mass is 16.5. The molecule has 0 aromatic carbocycles. The molecule has 0 unspecified atom stereocenters. The molecule has 0 atom stereocenters. The molecule has 16 heavy (non-hydrogen) atoms. The van der Waals surface area contributed by atoms with E-state index in [1.54, 1.807) is 0 Å². The molecule has 0 N–H and O–H groups in total. The molecule has 0 bridgehead atoms. The Morgan fingerprint density at radius 3 is 1.88 bits per heavy atom. The maximum Gasteiger partial charge on any atom is 0.320 e. The molecule has 0 saturated heterocycles. The van der Waals surface area contributed by atoms with Crippen LogP contribution in [0.15, 0.2) is 0 Å². The van der Waals surface area contributed by atoms with Crippen LogP contribution in [0.5, 0.6) is 0 Å². The van der Waals surface area contributed by atoms with E-state index in [1.807, 2.05) is 6.92 Å². The van der Waals surface area contributed by atoms with Crippen LogP contribution in [0.2, 0.25) is 0 Å². The Morgan fingerprint density at radius 1 is 0.938 bits per heavy atom. The van der Waals surface area contributed by atoms with Crippen molar-refractivity contribution in [1.29, 1.82) is 0 Å². The second-order valence-electron chi connectivity index (χ2n) is 3.70. The van der Waals surface area contributed by atoms with Gasteiger partial charge in [0.15, 0.2) is 0 Å². The summed E-state index contributed by atoms with van der Waals surface area (Å²) in [5.74, 6) is -0.121. The van der Waals surface area contributed by atoms with Crippen LogP contribution in [0.25, 0.3) is 0 Å². The third-order valence-corrected chi connectivity index (χ3v) is 2.73. The van der Waals surface area contributed by atoms with Crippen molar-refractivity contribution in [2.45, 2.75) is 27.7 Å². The summed E-state index contributed by atoms with van der Waals surface area (Å²) in [7, 11) is 0. The van der Waals surface area contributed by atoms with Crippen LogP contribution in [-0.4, -0.2) is 61.6 Å². The lowest BCUT2D eigenvalue weighted by Crippen LogP contribution is -2.38. The van der Waals surface area contributed by atoms with Crippen molar-refractivity contribution in [3.8, 4) is 0 Å². The second-order valence-corrected chi connectivity index (χ2v) is 3.70. The van der Waals surface area contributed by atoms with Crippen LogP contribution in [0, 0.1) is 0 Å². The molecule has 0 saturated carbocycles. The van der Waals surface area contributed by atoms with Crippen molar-refractivity contribution < 1.29 is 9.53 Å². The highest BCUT2D eigenvalue weighted by Crippen LogP contribution is 1.93. The average Bonchev–Trinajstić information content (AvgIpc) is 2.29. The quantitative estimate of drug-likeness (QED) is 0.557. The summed E-state index contributed by atoms with van der Waals surface area (Å²) in [6.07, 6.45) is 0. The van der Waals surface area contributed by atoms with Gasteiger partial charge in [0.1, 0.15) is 0 Å². The summed E-state index contributed by atoms with van der Waals surface area (Å²) in [6.45, 7) is 14.1. The largest absolute Gasteiger partial charge is 0.465 e. The Morgan fingerprint density at radius 2 is 1.44 bits per heavy atom. The molecule has 0 amide bonds. The zero-order valence-corrected chi connectivity index (χ0v) is 11.2. The fraction of sp³-hybridized carbons (Fsp3) is 0.917. The molecule has 4 heteroatoms. The van der Waals surface area contributed by atoms with Crippen LogP contribution in [0.1, 0.15) is 27.7 Å². The van der Waals surface area contributed by atoms with Crippen LogP contribution in [0.3, 0.4) is 0 Å². The van der Waals surface area contributed by atoms with Gasteiger partial charge in [0.25, 0.3) is 0 Å². The molecule has 0 aliphatic heterocycles. The summed E-state index contributed by atoms with van der Waals surface area (Å²) >= 11 is 0. The molecule has 0 rings (SSSR count). The van der Waals surface area contributed by atoms with Crippen molar-refractivity contribution in [3.63, 3.8) is 0 Å². The minimum Gasteiger partial charge on any atom is -0.465 e. The highest BCUT2D eigenvalue weighted by Gasteiger charge is 2.10. The molecular weight excluding hydrogens is 204 g/mol. The lowest BCUT2D eigenvalue weighted by molar-refractivity contribution is -0.144. The van der Waals surface area contributed by atoms with E-state index in [2.05, 4.69) is 30.6 Å². The van der Waals surface area contributed by atoms with Crippen molar-refractivity contribution in [2.75, 3.05) is 45.9 Å². The van der Waals surface area contributed by atoms with E-state index in [9.17, 15) is 4.79 Å². The molecule has 0 aromatic heterocycles. The summed E-state index contributed by atoms with van der Waals surface area (Å²) in [4.78, 5) is 15.8. The average molecular weight is 230 g/mol. The summed E-state index contributed by atoms with van der Waals surface area (Å²) in [6, 6.07) is 0. The smallest absolute Gasteiger partial charge is 0.320 e. The molecule has 96 valence electrons. The standard InChI is InChI=1S/C12H26N2O2/c1-5-13(6-2)9-10-14(7-3)11-12(15)16-8-4/h5-11H2,1-4H3. The minimum absolute atomic E-state index is 0.121. The van der Waals surface area contributed by atoms with Crippen molar-refractivity contribution in [2.24, 2.45) is 0 Å². The fourth-order valence-corrected chi connectivity index (χ4v) is 1.56. The molecule has 0 radical (unpaired) electrons. The Balaban J connectivity index is 3.86. The van der Waals surface area contributed by atoms with Gasteiger partial charge in [-0.25, -0.2) is 0 Å². The number of likely N-dealkylation sites (N-methyl/N-ethyl adjacent to an activating group) is 2. The van der Waals surface area contributed by atoms with Crippen molar-refractivity contribution in [3.05, 3.63) is 0 Å². The Bertz CT molecular complexity index is 182. The topological polar surface area (TPSA) is 32.8 Å². The van der Waals surface area contributed by atoms with E-state index < -0.39 is 0 Å². The van der Waals surface area contributed by atoms with Gasteiger partial charge in [-0.3, -0.25) is 9.69 Å².